The first-order chi connectivity index (χ1) is 7.27. The molecule has 0 unspecified atom stereocenters. The lowest BCUT2D eigenvalue weighted by molar-refractivity contribution is -0.138. The Kier molecular flexibility index (Phi) is 4.19. The minimum Gasteiger partial charge on any atom is -0.462 e. The predicted molar refractivity (Wildman–Crippen MR) is 55.6 cm³/mol. The molecule has 0 amide bonds. The number of allylic oxidation sites excluding steroid dienone is 5. The van der Waals surface area contributed by atoms with Crippen molar-refractivity contribution in [3.63, 3.8) is 0 Å². The van der Waals surface area contributed by atoms with E-state index in [0.29, 0.717) is 0 Å². The van der Waals surface area contributed by atoms with E-state index in [1.54, 1.807) is 13.0 Å². The first-order valence-electron chi connectivity index (χ1n) is 4.57. The SMILES string of the molecule is CCOC(=O)/C(=C/C1C=CC=C1)N=[N+]=[N-]. The number of hydrogen-bond acceptors (Lipinski definition) is 3. The first kappa shape index (κ1) is 11.1. The van der Waals surface area contributed by atoms with Gasteiger partial charge in [0.05, 0.1) is 6.61 Å². The first-order valence-corrected chi connectivity index (χ1v) is 4.57. The van der Waals surface area contributed by atoms with E-state index in [2.05, 4.69) is 10.0 Å². The van der Waals surface area contributed by atoms with Crippen LogP contribution in [0, 0.1) is 5.92 Å². The molecular weight excluding hydrogens is 194 g/mol. The second-order valence-corrected chi connectivity index (χ2v) is 2.81. The zero-order valence-corrected chi connectivity index (χ0v) is 8.33. The second-order valence-electron chi connectivity index (χ2n) is 2.81. The number of carbonyl (C=O) groups excluding carboxylic acids is 1. The summed E-state index contributed by atoms with van der Waals surface area (Å²) < 4.78 is 4.75. The molecule has 0 atom stereocenters. The van der Waals surface area contributed by atoms with Crippen molar-refractivity contribution in [1.29, 1.82) is 0 Å². The summed E-state index contributed by atoms with van der Waals surface area (Å²) in [6.07, 6.45) is 9.05. The van der Waals surface area contributed by atoms with Crippen LogP contribution in [0.15, 0.2) is 41.2 Å². The molecule has 1 aliphatic rings. The van der Waals surface area contributed by atoms with E-state index in [1.165, 1.54) is 0 Å². The van der Waals surface area contributed by atoms with Crippen LogP contribution in [0.25, 0.3) is 10.4 Å². The van der Waals surface area contributed by atoms with Crippen LogP contribution in [-0.4, -0.2) is 12.6 Å². The summed E-state index contributed by atoms with van der Waals surface area (Å²) in [4.78, 5) is 13.9. The summed E-state index contributed by atoms with van der Waals surface area (Å²) >= 11 is 0. The molecule has 15 heavy (non-hydrogen) atoms. The monoisotopic (exact) mass is 205 g/mol. The highest BCUT2D eigenvalue weighted by Gasteiger charge is 2.10. The van der Waals surface area contributed by atoms with Gasteiger partial charge in [0.2, 0.25) is 0 Å². The fraction of sp³-hybridized carbons (Fsp3) is 0.300. The van der Waals surface area contributed by atoms with Gasteiger partial charge in [-0.1, -0.05) is 35.5 Å². The van der Waals surface area contributed by atoms with E-state index in [-0.39, 0.29) is 18.2 Å². The molecule has 5 heteroatoms. The molecule has 0 heterocycles. The van der Waals surface area contributed by atoms with E-state index in [4.69, 9.17) is 10.3 Å². The zero-order chi connectivity index (χ0) is 11.1. The van der Waals surface area contributed by atoms with Crippen LogP contribution < -0.4 is 0 Å². The van der Waals surface area contributed by atoms with Gasteiger partial charge in [0.15, 0.2) is 0 Å². The minimum atomic E-state index is -0.594. The maximum absolute atomic E-state index is 11.3. The average Bonchev–Trinajstić information content (AvgIpc) is 2.70. The fourth-order valence-corrected chi connectivity index (χ4v) is 1.14. The van der Waals surface area contributed by atoms with Gasteiger partial charge in [-0.2, -0.15) is 0 Å². The number of nitrogens with zero attached hydrogens (tertiary/aromatic N) is 3. The molecule has 0 fully saturated rings. The Hall–Kier alpha value is -2.00. The van der Waals surface area contributed by atoms with Crippen LogP contribution in [0.4, 0.5) is 0 Å². The number of ether oxygens (including phenoxy) is 1. The second kappa shape index (κ2) is 5.67. The molecule has 0 aromatic rings. The van der Waals surface area contributed by atoms with E-state index < -0.39 is 5.97 Å². The summed E-state index contributed by atoms with van der Waals surface area (Å²) in [7, 11) is 0. The Labute approximate surface area is 87.4 Å². The molecule has 1 aliphatic carbocycles. The Morgan fingerprint density at radius 1 is 1.60 bits per heavy atom. The van der Waals surface area contributed by atoms with Crippen molar-refractivity contribution >= 4 is 5.97 Å². The molecule has 78 valence electrons. The largest absolute Gasteiger partial charge is 0.462 e. The maximum Gasteiger partial charge on any atom is 0.340 e. The maximum atomic E-state index is 11.3. The smallest absolute Gasteiger partial charge is 0.340 e. The standard InChI is InChI=1S/C10H11N3O2/c1-2-15-10(14)9(12-13-11)7-8-5-3-4-6-8/h3-8H,2H2,1H3/b9-7-. The molecule has 0 saturated carbocycles. The third kappa shape index (κ3) is 3.32. The molecule has 1 rings (SSSR count). The number of hydrogen-bond donors (Lipinski definition) is 0. The molecule has 5 nitrogen and oxygen atoms in total. The predicted octanol–water partition coefficient (Wildman–Crippen LogP) is 2.49. The van der Waals surface area contributed by atoms with Gasteiger partial charge in [-0.15, -0.1) is 0 Å². The molecule has 0 aromatic carbocycles. The van der Waals surface area contributed by atoms with Gasteiger partial charge in [-0.05, 0) is 12.5 Å². The van der Waals surface area contributed by atoms with Gasteiger partial charge in [-0.3, -0.25) is 0 Å². The molecule has 0 bridgehead atoms. The van der Waals surface area contributed by atoms with Crippen molar-refractivity contribution in [2.75, 3.05) is 6.61 Å². The van der Waals surface area contributed by atoms with Crippen LogP contribution in [0.1, 0.15) is 6.92 Å². The molecule has 0 spiro atoms. The van der Waals surface area contributed by atoms with E-state index in [0.717, 1.165) is 0 Å². The highest BCUT2D eigenvalue weighted by molar-refractivity contribution is 5.88. The van der Waals surface area contributed by atoms with Crippen molar-refractivity contribution in [1.82, 2.24) is 0 Å². The lowest BCUT2D eigenvalue weighted by atomic mass is 10.1. The van der Waals surface area contributed by atoms with Gasteiger partial charge < -0.3 is 4.74 Å². The third-order valence-electron chi connectivity index (χ3n) is 1.77. The summed E-state index contributed by atoms with van der Waals surface area (Å²) in [6.45, 7) is 1.95. The highest BCUT2D eigenvalue weighted by atomic mass is 16.5. The van der Waals surface area contributed by atoms with Crippen molar-refractivity contribution in [3.05, 3.63) is 46.5 Å². The zero-order valence-electron chi connectivity index (χ0n) is 8.33. The van der Waals surface area contributed by atoms with Crippen molar-refractivity contribution in [2.45, 2.75) is 6.92 Å². The number of rotatable bonds is 4. The summed E-state index contributed by atoms with van der Waals surface area (Å²) in [6, 6.07) is 0. The van der Waals surface area contributed by atoms with Crippen molar-refractivity contribution < 1.29 is 9.53 Å². The van der Waals surface area contributed by atoms with Crippen LogP contribution in [0.5, 0.6) is 0 Å². The minimum absolute atomic E-state index is 0.000509. The van der Waals surface area contributed by atoms with Gasteiger partial charge in [0.1, 0.15) is 5.70 Å². The molecule has 0 aromatic heterocycles. The molecule has 0 N–H and O–H groups in total. The van der Waals surface area contributed by atoms with Crippen molar-refractivity contribution in [3.8, 4) is 0 Å². The van der Waals surface area contributed by atoms with Crippen molar-refractivity contribution in [2.24, 2.45) is 11.0 Å². The number of esters is 1. The Bertz CT molecular complexity index is 364. The van der Waals surface area contributed by atoms with E-state index in [9.17, 15) is 4.79 Å². The average molecular weight is 205 g/mol. The third-order valence-corrected chi connectivity index (χ3v) is 1.77. The Morgan fingerprint density at radius 2 is 2.27 bits per heavy atom. The number of carbonyl (C=O) groups is 1. The Balaban J connectivity index is 2.81. The summed E-state index contributed by atoms with van der Waals surface area (Å²) in [5.74, 6) is -0.598. The van der Waals surface area contributed by atoms with Gasteiger partial charge >= 0.3 is 5.97 Å². The van der Waals surface area contributed by atoms with Gasteiger partial charge in [0.25, 0.3) is 0 Å². The normalized spacial score (nSPS) is 15.1. The van der Waals surface area contributed by atoms with E-state index in [1.807, 2.05) is 24.3 Å². The lowest BCUT2D eigenvalue weighted by Crippen LogP contribution is -2.06. The topological polar surface area (TPSA) is 75.1 Å². The quantitative estimate of drug-likeness (QED) is 0.232. The lowest BCUT2D eigenvalue weighted by Gasteiger charge is -2.02. The molecular formula is C10H11N3O2. The highest BCUT2D eigenvalue weighted by Crippen LogP contribution is 2.14. The van der Waals surface area contributed by atoms with Crippen LogP contribution in [0.2, 0.25) is 0 Å². The summed E-state index contributed by atoms with van der Waals surface area (Å²) in [5.41, 5.74) is 8.30. The van der Waals surface area contributed by atoms with Gasteiger partial charge in [0, 0.05) is 10.8 Å². The Morgan fingerprint density at radius 3 is 2.80 bits per heavy atom. The van der Waals surface area contributed by atoms with E-state index >= 15 is 0 Å². The van der Waals surface area contributed by atoms with Gasteiger partial charge in [-0.25, -0.2) is 4.79 Å². The fourth-order valence-electron chi connectivity index (χ4n) is 1.14. The molecule has 0 aliphatic heterocycles. The number of azide groups is 1. The summed E-state index contributed by atoms with van der Waals surface area (Å²) in [5, 5.41) is 3.31. The molecule has 0 saturated heterocycles. The molecule has 0 radical (unpaired) electrons. The van der Waals surface area contributed by atoms with Crippen LogP contribution in [0.3, 0.4) is 0 Å². The van der Waals surface area contributed by atoms with Crippen LogP contribution in [-0.2, 0) is 9.53 Å². The van der Waals surface area contributed by atoms with Crippen LogP contribution >= 0.6 is 0 Å².